The van der Waals surface area contributed by atoms with E-state index in [1.165, 1.54) is 53.2 Å². The molecular formula is C91H138N12OS. The minimum Gasteiger partial charge on any atom is -0.467 e. The van der Waals surface area contributed by atoms with Crippen LogP contribution >= 0.6 is 11.3 Å². The van der Waals surface area contributed by atoms with E-state index >= 15 is 0 Å². The fourth-order valence-corrected chi connectivity index (χ4v) is 9.65. The van der Waals surface area contributed by atoms with E-state index in [4.69, 9.17) is 4.42 Å². The van der Waals surface area contributed by atoms with Crippen molar-refractivity contribution in [2.45, 2.75) is 256 Å². The summed E-state index contributed by atoms with van der Waals surface area (Å²) in [5.41, 5.74) is 12.0. The summed E-state index contributed by atoms with van der Waals surface area (Å²) < 4.78 is 5.08. The maximum absolute atomic E-state index is 5.08. The third-order valence-electron chi connectivity index (χ3n) is 12.6. The fourth-order valence-electron chi connectivity index (χ4n) is 8.87. The van der Waals surface area contributed by atoms with E-state index in [0.29, 0.717) is 0 Å². The van der Waals surface area contributed by atoms with Crippen molar-refractivity contribution in [3.63, 3.8) is 0 Å². The van der Waals surface area contributed by atoms with Crippen LogP contribution in [0.1, 0.15) is 232 Å². The first-order valence-corrected chi connectivity index (χ1v) is 38.6. The van der Waals surface area contributed by atoms with Crippen molar-refractivity contribution in [2.75, 3.05) is 0 Å². The quantitative estimate of drug-likeness (QED) is 0.132. The Morgan fingerprint density at radius 1 is 0.267 bits per heavy atom. The molecule has 8 aromatic heterocycles. The molecule has 0 fully saturated rings. The predicted molar refractivity (Wildman–Crippen MR) is 464 cm³/mol. The number of rotatable bonds is 0. The highest BCUT2D eigenvalue weighted by molar-refractivity contribution is 7.11. The van der Waals surface area contributed by atoms with Crippen molar-refractivity contribution in [2.24, 2.45) is 0 Å². The maximum Gasteiger partial charge on any atom is 0.129 e. The molecule has 0 aliphatic carbocycles. The summed E-state index contributed by atoms with van der Waals surface area (Å²) in [6.07, 6.45) is 6.82. The van der Waals surface area contributed by atoms with Crippen LogP contribution < -0.4 is 0 Å². The Balaban J connectivity index is -0.000000351. The predicted octanol–water partition coefficient (Wildman–Crippen LogP) is 27.3. The lowest BCUT2D eigenvalue weighted by Gasteiger charge is -2.05. The Morgan fingerprint density at radius 2 is 0.667 bits per heavy atom. The lowest BCUT2D eigenvalue weighted by molar-refractivity contribution is 0.504. The molecule has 574 valence electrons. The Hall–Kier alpha value is -9.40. The zero-order valence-electron chi connectivity index (χ0n) is 72.3. The number of aromatic nitrogens is 12. The summed E-state index contributed by atoms with van der Waals surface area (Å²) >= 11 is 1.84. The number of hydrogen-bond acceptors (Lipinski definition) is 14. The highest BCUT2D eigenvalue weighted by atomic mass is 32.1. The van der Waals surface area contributed by atoms with Crippen molar-refractivity contribution >= 4 is 54.6 Å². The molecule has 13 nitrogen and oxygen atoms in total. The smallest absolute Gasteiger partial charge is 0.129 e. The van der Waals surface area contributed by atoms with Gasteiger partial charge in [-0.05, 0) is 207 Å². The molecule has 0 bridgehead atoms. The highest BCUT2D eigenvalue weighted by Crippen LogP contribution is 2.27. The molecule has 0 spiro atoms. The summed E-state index contributed by atoms with van der Waals surface area (Å²) in [5.74, 6) is 6.02. The average molecular weight is 1450 g/mol. The summed E-state index contributed by atoms with van der Waals surface area (Å²) in [7, 11) is 0. The van der Waals surface area contributed by atoms with Crippen LogP contribution in [0.25, 0.3) is 43.2 Å². The Labute approximate surface area is 642 Å². The van der Waals surface area contributed by atoms with E-state index in [1.807, 2.05) is 287 Å². The first-order chi connectivity index (χ1) is 50.4. The number of fused-ring (bicyclic) bond motifs is 5. The Bertz CT molecular complexity index is 3850. The maximum atomic E-state index is 5.08. The number of hydrogen-bond donors (Lipinski definition) is 0. The van der Waals surface area contributed by atoms with Crippen LogP contribution in [0.2, 0.25) is 0 Å². The van der Waals surface area contributed by atoms with Gasteiger partial charge >= 0.3 is 0 Å². The molecule has 105 heavy (non-hydrogen) atoms. The van der Waals surface area contributed by atoms with Gasteiger partial charge in [0.25, 0.3) is 0 Å². The first kappa shape index (κ1) is 104. The van der Waals surface area contributed by atoms with Gasteiger partial charge in [0.05, 0.1) is 16.9 Å². The van der Waals surface area contributed by atoms with Gasteiger partial charge < -0.3 is 4.42 Å². The van der Waals surface area contributed by atoms with E-state index in [-0.39, 0.29) is 0 Å². The molecule has 0 radical (unpaired) electrons. The largest absolute Gasteiger partial charge is 0.467 e. The van der Waals surface area contributed by atoms with Gasteiger partial charge in [0, 0.05) is 73.3 Å². The number of thiophene rings is 1. The number of pyridine rings is 1. The second-order valence-electron chi connectivity index (χ2n) is 21.1. The number of aryl methyl sites for hydroxylation is 19. The summed E-state index contributed by atoms with van der Waals surface area (Å²) in [6.45, 7) is 73.6. The van der Waals surface area contributed by atoms with Crippen molar-refractivity contribution in [3.05, 3.63) is 272 Å². The Kier molecular flexibility index (Phi) is 64.9. The van der Waals surface area contributed by atoms with Crippen LogP contribution in [0, 0.1) is 132 Å². The molecule has 13 rings (SSSR count). The highest BCUT2D eigenvalue weighted by Gasteiger charge is 2.02. The van der Waals surface area contributed by atoms with Crippen molar-refractivity contribution < 1.29 is 4.42 Å². The molecule has 0 saturated carbocycles. The van der Waals surface area contributed by atoms with Crippen molar-refractivity contribution in [1.82, 2.24) is 59.8 Å². The van der Waals surface area contributed by atoms with Gasteiger partial charge in [0.2, 0.25) is 0 Å². The van der Waals surface area contributed by atoms with Crippen LogP contribution in [0.15, 0.2) is 169 Å². The molecule has 5 aromatic carbocycles. The topological polar surface area (TPSA) is 168 Å². The van der Waals surface area contributed by atoms with E-state index < -0.39 is 0 Å². The normalized spacial score (nSPS) is 8.81. The standard InChI is InChI=1S/C16H14.C11H11N.C10H10N2.C6H9N3.3C6H8N2.C6H8O.C6H8S.9C2H6/c1-11-3-7-15-13(9-11)5-6-14-10-12(2)4-8-16(14)15;1-8-7-10-5-3-4-6-11(10)9(2)12-8;1-7-9-5-3-4-6-10(9)12-8(2)11-7;1-4-7-5(2)9-6(3)8-4;1-5-3-7-4-6(2)8-5;1-5-3-6(2)8-4-7-5;1-5-3-4-7-6(2)8-5;2*1-5-3-4-6(2)7-5;9*1-2/h3-10H,1-2H3;3-7H,1-2H3;3-6H,1-2H3;1-3H3;3*3-4H,1-2H3;2*3-4H,1-2H3;9*1-2H3. The van der Waals surface area contributed by atoms with Crippen molar-refractivity contribution in [1.29, 1.82) is 0 Å². The van der Waals surface area contributed by atoms with Crippen LogP contribution in [-0.4, -0.2) is 59.8 Å². The second-order valence-corrected chi connectivity index (χ2v) is 22.6. The Morgan fingerprint density at radius 3 is 1.02 bits per heavy atom. The number of furan rings is 1. The summed E-state index contributed by atoms with van der Waals surface area (Å²) in [6, 6.07) is 48.2. The lowest BCUT2D eigenvalue weighted by Crippen LogP contribution is -1.97. The molecule has 0 unspecified atom stereocenters. The van der Waals surface area contributed by atoms with E-state index in [2.05, 4.69) is 179 Å². The number of para-hydroxylation sites is 1. The van der Waals surface area contributed by atoms with Gasteiger partial charge in [-0.15, -0.1) is 11.3 Å². The SMILES string of the molecule is CC.CC.CC.CC.CC.CC.CC.CC.CC.Cc1cc(C)ncn1.Cc1cc2ccccc2c(C)n1.Cc1ccc(C)o1.Cc1ccc(C)s1.Cc1ccc2c(ccc3cc(C)ccc32)c1.Cc1ccnc(C)n1.Cc1cncc(C)n1.Cc1nc(C)c2ccccc2n1.Cc1nc(C)nc(C)n1. The van der Waals surface area contributed by atoms with Crippen LogP contribution in [-0.2, 0) is 0 Å². The molecule has 0 aliphatic heterocycles. The monoisotopic (exact) mass is 1450 g/mol. The van der Waals surface area contributed by atoms with Gasteiger partial charge in [0.15, 0.2) is 0 Å². The molecule has 0 amide bonds. The molecule has 8 heterocycles. The molecule has 0 N–H and O–H groups in total. The second kappa shape index (κ2) is 65.4. The average Bonchev–Trinajstić information content (AvgIpc) is 1.06. The van der Waals surface area contributed by atoms with E-state index in [0.717, 1.165) is 97.1 Å². The van der Waals surface area contributed by atoms with Crippen LogP contribution in [0.5, 0.6) is 0 Å². The van der Waals surface area contributed by atoms with Gasteiger partial charge in [-0.3, -0.25) is 15.0 Å². The third-order valence-corrected chi connectivity index (χ3v) is 13.5. The molecule has 13 aromatic rings. The van der Waals surface area contributed by atoms with E-state index in [9.17, 15) is 0 Å². The van der Waals surface area contributed by atoms with Crippen LogP contribution in [0.4, 0.5) is 0 Å². The fraction of sp³-hybridized carbons (Fsp3) is 0.407. The van der Waals surface area contributed by atoms with Crippen LogP contribution in [0.3, 0.4) is 0 Å². The number of benzene rings is 5. The molecule has 0 saturated heterocycles. The molecule has 14 heteroatoms. The minimum atomic E-state index is 0.792. The minimum absolute atomic E-state index is 0.792. The summed E-state index contributed by atoms with van der Waals surface area (Å²) in [5, 5.41) is 9.03. The summed E-state index contributed by atoms with van der Waals surface area (Å²) in [4.78, 5) is 51.7. The van der Waals surface area contributed by atoms with Gasteiger partial charge in [-0.2, -0.15) is 0 Å². The number of nitrogens with zero attached hydrogens (tertiary/aromatic N) is 12. The van der Waals surface area contributed by atoms with Gasteiger partial charge in [0.1, 0.15) is 47.0 Å². The first-order valence-electron chi connectivity index (χ1n) is 37.8. The zero-order valence-corrected chi connectivity index (χ0v) is 73.1. The molecule has 0 aliphatic rings. The molecular weight excluding hydrogens is 1310 g/mol. The van der Waals surface area contributed by atoms with Gasteiger partial charge in [-0.1, -0.05) is 227 Å². The molecule has 0 atom stereocenters. The zero-order chi connectivity index (χ0) is 81.6. The van der Waals surface area contributed by atoms with E-state index in [1.54, 1.807) is 24.9 Å². The van der Waals surface area contributed by atoms with Gasteiger partial charge in [-0.25, -0.2) is 44.9 Å². The lowest BCUT2D eigenvalue weighted by atomic mass is 9.99. The van der Waals surface area contributed by atoms with Crippen molar-refractivity contribution in [3.8, 4) is 0 Å². The third kappa shape index (κ3) is 46.8.